The van der Waals surface area contributed by atoms with Gasteiger partial charge in [-0.25, -0.2) is 17.6 Å². The highest BCUT2D eigenvalue weighted by Crippen LogP contribution is 2.27. The highest BCUT2D eigenvalue weighted by Gasteiger charge is 2.35. The predicted molar refractivity (Wildman–Crippen MR) is 81.8 cm³/mol. The van der Waals surface area contributed by atoms with Crippen molar-refractivity contribution in [1.82, 2.24) is 0 Å². The van der Waals surface area contributed by atoms with Gasteiger partial charge in [-0.3, -0.25) is 9.59 Å². The molecule has 1 saturated heterocycles. The van der Waals surface area contributed by atoms with Crippen LogP contribution in [0.2, 0.25) is 0 Å². The highest BCUT2D eigenvalue weighted by molar-refractivity contribution is 6.03. The Balaban J connectivity index is 1.74. The van der Waals surface area contributed by atoms with Crippen molar-refractivity contribution in [2.24, 2.45) is 5.92 Å². The second-order valence-corrected chi connectivity index (χ2v) is 5.60. The van der Waals surface area contributed by atoms with Gasteiger partial charge in [-0.2, -0.15) is 0 Å². The first-order valence-electron chi connectivity index (χ1n) is 7.37. The fourth-order valence-corrected chi connectivity index (χ4v) is 2.63. The van der Waals surface area contributed by atoms with Gasteiger partial charge in [0.15, 0.2) is 17.5 Å². The molecular weight excluding hydrogens is 340 g/mol. The number of hydrogen-bond donors (Lipinski definition) is 1. The molecule has 0 saturated carbocycles. The third-order valence-electron chi connectivity index (χ3n) is 3.91. The number of nitrogens with one attached hydrogen (secondary N) is 1. The standard InChI is InChI=1S/C17H12F4N2O2/c18-10-2-1-3-11(7-10)23-8-9(6-14(23)24)17(25)22-13-5-4-12(19)15(20)16(13)21/h1-5,7,9H,6,8H2,(H,22,25). The fourth-order valence-electron chi connectivity index (χ4n) is 2.63. The molecular formula is C17H12F4N2O2. The van der Waals surface area contributed by atoms with E-state index in [1.165, 1.54) is 23.1 Å². The summed E-state index contributed by atoms with van der Waals surface area (Å²) in [5.74, 6) is -7.04. The SMILES string of the molecule is O=C(Nc1ccc(F)c(F)c1F)C1CC(=O)N(c2cccc(F)c2)C1. The van der Waals surface area contributed by atoms with Crippen LogP contribution in [0.25, 0.3) is 0 Å². The van der Waals surface area contributed by atoms with Gasteiger partial charge < -0.3 is 10.2 Å². The number of benzene rings is 2. The van der Waals surface area contributed by atoms with Crippen molar-refractivity contribution in [2.75, 3.05) is 16.8 Å². The molecule has 2 aromatic carbocycles. The van der Waals surface area contributed by atoms with E-state index in [4.69, 9.17) is 0 Å². The van der Waals surface area contributed by atoms with Crippen LogP contribution in [0.5, 0.6) is 0 Å². The zero-order valence-corrected chi connectivity index (χ0v) is 12.7. The van der Waals surface area contributed by atoms with Crippen molar-refractivity contribution in [1.29, 1.82) is 0 Å². The van der Waals surface area contributed by atoms with Crippen LogP contribution in [-0.2, 0) is 9.59 Å². The van der Waals surface area contributed by atoms with Crippen LogP contribution in [0.3, 0.4) is 0 Å². The van der Waals surface area contributed by atoms with E-state index in [9.17, 15) is 27.2 Å². The van der Waals surface area contributed by atoms with E-state index in [0.717, 1.165) is 12.1 Å². The van der Waals surface area contributed by atoms with Crippen LogP contribution >= 0.6 is 0 Å². The second-order valence-electron chi connectivity index (χ2n) is 5.60. The molecule has 0 radical (unpaired) electrons. The molecule has 0 bridgehead atoms. The number of carbonyl (C=O) groups excluding carboxylic acids is 2. The van der Waals surface area contributed by atoms with E-state index in [0.29, 0.717) is 11.8 Å². The Labute approximate surface area is 140 Å². The molecule has 3 rings (SSSR count). The smallest absolute Gasteiger partial charge is 0.229 e. The van der Waals surface area contributed by atoms with Crippen molar-refractivity contribution in [3.05, 3.63) is 59.7 Å². The summed E-state index contributed by atoms with van der Waals surface area (Å²) < 4.78 is 53.0. The lowest BCUT2D eigenvalue weighted by Crippen LogP contribution is -2.28. The average molecular weight is 352 g/mol. The minimum atomic E-state index is -1.69. The number of rotatable bonds is 3. The van der Waals surface area contributed by atoms with Crippen molar-refractivity contribution in [3.8, 4) is 0 Å². The Kier molecular flexibility index (Phi) is 4.43. The predicted octanol–water partition coefficient (Wildman–Crippen LogP) is 3.23. The van der Waals surface area contributed by atoms with Crippen LogP contribution in [0, 0.1) is 29.2 Å². The first-order valence-corrected chi connectivity index (χ1v) is 7.37. The fraction of sp³-hybridized carbons (Fsp3) is 0.176. The summed E-state index contributed by atoms with van der Waals surface area (Å²) in [5, 5.41) is 2.15. The van der Waals surface area contributed by atoms with E-state index in [-0.39, 0.29) is 13.0 Å². The minimum absolute atomic E-state index is 0.0284. The highest BCUT2D eigenvalue weighted by atomic mass is 19.2. The number of anilines is 2. The Morgan fingerprint density at radius 2 is 1.84 bits per heavy atom. The number of carbonyl (C=O) groups is 2. The summed E-state index contributed by atoms with van der Waals surface area (Å²) in [6.45, 7) is -0.0284. The zero-order valence-electron chi connectivity index (χ0n) is 12.7. The van der Waals surface area contributed by atoms with E-state index in [1.807, 2.05) is 0 Å². The van der Waals surface area contributed by atoms with Crippen molar-refractivity contribution >= 4 is 23.2 Å². The van der Waals surface area contributed by atoms with Gasteiger partial charge in [0, 0.05) is 18.7 Å². The van der Waals surface area contributed by atoms with Gasteiger partial charge in [-0.05, 0) is 30.3 Å². The van der Waals surface area contributed by atoms with Crippen LogP contribution in [0.15, 0.2) is 36.4 Å². The molecule has 1 N–H and O–H groups in total. The second kappa shape index (κ2) is 6.54. The summed E-state index contributed by atoms with van der Waals surface area (Å²) in [4.78, 5) is 25.5. The Morgan fingerprint density at radius 1 is 1.08 bits per heavy atom. The van der Waals surface area contributed by atoms with E-state index in [1.54, 1.807) is 0 Å². The van der Waals surface area contributed by atoms with Gasteiger partial charge in [0.1, 0.15) is 5.82 Å². The Bertz CT molecular complexity index is 857. The molecule has 130 valence electrons. The lowest BCUT2D eigenvalue weighted by molar-refractivity contribution is -0.122. The summed E-state index contributed by atoms with van der Waals surface area (Å²) >= 11 is 0. The minimum Gasteiger partial charge on any atom is -0.323 e. The molecule has 1 atom stereocenters. The van der Waals surface area contributed by atoms with Gasteiger partial charge in [-0.15, -0.1) is 0 Å². The molecule has 1 aliphatic heterocycles. The van der Waals surface area contributed by atoms with Crippen molar-refractivity contribution in [2.45, 2.75) is 6.42 Å². The van der Waals surface area contributed by atoms with Gasteiger partial charge in [0.25, 0.3) is 0 Å². The first-order chi connectivity index (χ1) is 11.9. The maximum Gasteiger partial charge on any atom is 0.229 e. The van der Waals surface area contributed by atoms with Crippen LogP contribution in [-0.4, -0.2) is 18.4 Å². The molecule has 1 heterocycles. The number of nitrogens with zero attached hydrogens (tertiary/aromatic N) is 1. The number of hydrogen-bond acceptors (Lipinski definition) is 2. The number of amides is 2. The van der Waals surface area contributed by atoms with Crippen LogP contribution < -0.4 is 10.2 Å². The molecule has 25 heavy (non-hydrogen) atoms. The summed E-state index contributed by atoms with van der Waals surface area (Å²) in [5.41, 5.74) is -0.208. The topological polar surface area (TPSA) is 49.4 Å². The summed E-state index contributed by atoms with van der Waals surface area (Å²) in [6.07, 6.45) is -0.159. The van der Waals surface area contributed by atoms with E-state index >= 15 is 0 Å². The Morgan fingerprint density at radius 3 is 2.56 bits per heavy atom. The maximum absolute atomic E-state index is 13.6. The third kappa shape index (κ3) is 3.33. The maximum atomic E-state index is 13.6. The quantitative estimate of drug-likeness (QED) is 0.681. The van der Waals surface area contributed by atoms with Crippen LogP contribution in [0.4, 0.5) is 28.9 Å². The molecule has 2 amide bonds. The molecule has 2 aromatic rings. The molecule has 0 spiro atoms. The lowest BCUT2D eigenvalue weighted by Gasteiger charge is -2.17. The molecule has 0 aromatic heterocycles. The largest absolute Gasteiger partial charge is 0.323 e. The zero-order chi connectivity index (χ0) is 18.1. The van der Waals surface area contributed by atoms with Crippen LogP contribution in [0.1, 0.15) is 6.42 Å². The average Bonchev–Trinajstić information content (AvgIpc) is 2.97. The molecule has 4 nitrogen and oxygen atoms in total. The molecule has 8 heteroatoms. The third-order valence-corrected chi connectivity index (χ3v) is 3.91. The van der Waals surface area contributed by atoms with Crippen molar-refractivity contribution in [3.63, 3.8) is 0 Å². The van der Waals surface area contributed by atoms with Gasteiger partial charge in [0.05, 0.1) is 11.6 Å². The van der Waals surface area contributed by atoms with Gasteiger partial charge in [-0.1, -0.05) is 6.07 Å². The molecule has 1 unspecified atom stereocenters. The van der Waals surface area contributed by atoms with E-state index in [2.05, 4.69) is 5.32 Å². The first kappa shape index (κ1) is 16.9. The van der Waals surface area contributed by atoms with Gasteiger partial charge in [0.2, 0.25) is 11.8 Å². The molecule has 0 aliphatic carbocycles. The lowest BCUT2D eigenvalue weighted by atomic mass is 10.1. The molecule has 1 aliphatic rings. The summed E-state index contributed by atoms with van der Waals surface area (Å²) in [7, 11) is 0. The van der Waals surface area contributed by atoms with Gasteiger partial charge >= 0.3 is 0 Å². The Hall–Kier alpha value is -2.90. The van der Waals surface area contributed by atoms with Crippen molar-refractivity contribution < 1.29 is 27.2 Å². The molecule has 1 fully saturated rings. The summed E-state index contributed by atoms with van der Waals surface area (Å²) in [6, 6.07) is 6.92. The monoisotopic (exact) mass is 352 g/mol. The number of halogens is 4. The normalized spacial score (nSPS) is 17.0. The van der Waals surface area contributed by atoms with E-state index < -0.39 is 46.7 Å².